The predicted molar refractivity (Wildman–Crippen MR) is 70.8 cm³/mol. The largest absolute Gasteiger partial charge is 0.481 e. The summed E-state index contributed by atoms with van der Waals surface area (Å²) in [5, 5.41) is 12.7. The number of carboxylic acid groups (broad SMARTS) is 1. The number of thioether (sulfide) groups is 1. The van der Waals surface area contributed by atoms with Gasteiger partial charge in [0.05, 0.1) is 24.2 Å². The molecule has 0 radical (unpaired) electrons. The average molecular weight is 282 g/mol. The molecule has 0 aromatic carbocycles. The summed E-state index contributed by atoms with van der Waals surface area (Å²) in [6.45, 7) is 0. The second kappa shape index (κ2) is 4.69. The fourth-order valence-corrected chi connectivity index (χ4v) is 3.33. The van der Waals surface area contributed by atoms with Gasteiger partial charge in [0.1, 0.15) is 17.4 Å². The topological polar surface area (TPSA) is 87.5 Å². The van der Waals surface area contributed by atoms with Crippen LogP contribution in [-0.2, 0) is 4.79 Å². The fourth-order valence-electron chi connectivity index (χ4n) is 1.88. The Hall–Kier alpha value is -1.41. The first-order chi connectivity index (χ1) is 8.74. The zero-order chi connectivity index (χ0) is 12.5. The molecule has 0 saturated heterocycles. The molecule has 1 aliphatic carbocycles. The smallest absolute Gasteiger partial charge is 0.304 e. The number of nitrogens with zero attached hydrogens (tertiary/aromatic N) is 3. The Morgan fingerprint density at radius 2 is 2.44 bits per heavy atom. The molecule has 2 heterocycles. The van der Waals surface area contributed by atoms with Gasteiger partial charge in [-0.3, -0.25) is 9.79 Å². The van der Waals surface area contributed by atoms with E-state index in [0.29, 0.717) is 5.75 Å². The van der Waals surface area contributed by atoms with Crippen molar-refractivity contribution >= 4 is 40.7 Å². The lowest BCUT2D eigenvalue weighted by Gasteiger charge is -2.16. The Balaban J connectivity index is 1.70. The van der Waals surface area contributed by atoms with E-state index in [1.807, 2.05) is 12.2 Å². The molecule has 1 aromatic heterocycles. The van der Waals surface area contributed by atoms with Gasteiger partial charge in [0.15, 0.2) is 5.17 Å². The molecule has 1 aromatic rings. The first-order valence-corrected chi connectivity index (χ1v) is 7.15. The highest BCUT2D eigenvalue weighted by atomic mass is 32.2. The van der Waals surface area contributed by atoms with Crippen molar-refractivity contribution in [3.05, 3.63) is 17.5 Å². The maximum absolute atomic E-state index is 10.5. The number of aliphatic carboxylic acids is 1. The summed E-state index contributed by atoms with van der Waals surface area (Å²) in [5.41, 5.74) is 1.80. The molecule has 2 aliphatic rings. The third kappa shape index (κ3) is 2.13. The van der Waals surface area contributed by atoms with Crippen molar-refractivity contribution in [1.29, 1.82) is 0 Å². The minimum absolute atomic E-state index is 0.0175. The van der Waals surface area contributed by atoms with Gasteiger partial charge in [0.2, 0.25) is 0 Å². The number of aliphatic imine (C=N–C) groups is 1. The van der Waals surface area contributed by atoms with Gasteiger partial charge in [-0.25, -0.2) is 0 Å². The third-order valence-electron chi connectivity index (χ3n) is 2.72. The Morgan fingerprint density at radius 1 is 1.56 bits per heavy atom. The summed E-state index contributed by atoms with van der Waals surface area (Å²) < 4.78 is 8.46. The van der Waals surface area contributed by atoms with Crippen LogP contribution in [0.4, 0.5) is 0 Å². The number of carbonyl (C=O) groups is 1. The second-order valence-corrected chi connectivity index (χ2v) is 5.55. The zero-order valence-electron chi connectivity index (χ0n) is 9.24. The van der Waals surface area contributed by atoms with E-state index in [2.05, 4.69) is 19.1 Å². The Bertz CT molecular complexity index is 540. The van der Waals surface area contributed by atoms with E-state index in [4.69, 9.17) is 5.11 Å². The SMILES string of the molecule is O=C(O)CCSC1=N[C@H]2c3nsnc3C=C[C@H]2N1. The van der Waals surface area contributed by atoms with Crippen LogP contribution in [0.2, 0.25) is 0 Å². The summed E-state index contributed by atoms with van der Waals surface area (Å²) in [6, 6.07) is 0.102. The molecule has 2 atom stereocenters. The quantitative estimate of drug-likeness (QED) is 0.864. The van der Waals surface area contributed by atoms with Crippen LogP contribution >= 0.6 is 23.5 Å². The minimum Gasteiger partial charge on any atom is -0.481 e. The number of carboxylic acids is 1. The van der Waals surface area contributed by atoms with Crippen LogP contribution in [0.25, 0.3) is 6.08 Å². The summed E-state index contributed by atoms with van der Waals surface area (Å²) in [5.74, 6) is -0.267. The van der Waals surface area contributed by atoms with Crippen molar-refractivity contribution in [2.75, 3.05) is 5.75 Å². The maximum Gasteiger partial charge on any atom is 0.304 e. The lowest BCUT2D eigenvalue weighted by Crippen LogP contribution is -2.30. The molecule has 2 N–H and O–H groups in total. The molecule has 0 amide bonds. The number of fused-ring (bicyclic) bond motifs is 3. The summed E-state index contributed by atoms with van der Waals surface area (Å²) in [6.07, 6.45) is 4.12. The maximum atomic E-state index is 10.5. The lowest BCUT2D eigenvalue weighted by molar-refractivity contribution is -0.136. The molecule has 18 heavy (non-hydrogen) atoms. The molecule has 8 heteroatoms. The van der Waals surface area contributed by atoms with Gasteiger partial charge in [-0.05, 0) is 6.08 Å². The molecule has 0 unspecified atom stereocenters. The van der Waals surface area contributed by atoms with E-state index in [-0.39, 0.29) is 18.5 Å². The van der Waals surface area contributed by atoms with Gasteiger partial charge in [0.25, 0.3) is 0 Å². The number of hydrogen-bond acceptors (Lipinski definition) is 7. The van der Waals surface area contributed by atoms with Crippen LogP contribution in [-0.4, -0.2) is 36.8 Å². The number of rotatable bonds is 3. The molecule has 0 spiro atoms. The van der Waals surface area contributed by atoms with Crippen LogP contribution in [0.3, 0.4) is 0 Å². The number of aromatic nitrogens is 2. The lowest BCUT2D eigenvalue weighted by atomic mass is 9.99. The summed E-state index contributed by atoms with van der Waals surface area (Å²) in [4.78, 5) is 15.0. The van der Waals surface area contributed by atoms with E-state index in [1.54, 1.807) is 0 Å². The van der Waals surface area contributed by atoms with E-state index in [1.165, 1.54) is 23.5 Å². The van der Waals surface area contributed by atoms with Crippen molar-refractivity contribution in [3.8, 4) is 0 Å². The molecule has 3 rings (SSSR count). The highest BCUT2D eigenvalue weighted by molar-refractivity contribution is 8.13. The van der Waals surface area contributed by atoms with Gasteiger partial charge < -0.3 is 10.4 Å². The molecule has 6 nitrogen and oxygen atoms in total. The van der Waals surface area contributed by atoms with Gasteiger partial charge >= 0.3 is 5.97 Å². The minimum atomic E-state index is -0.788. The van der Waals surface area contributed by atoms with Crippen molar-refractivity contribution in [2.45, 2.75) is 18.5 Å². The molecular weight excluding hydrogens is 272 g/mol. The first-order valence-electron chi connectivity index (χ1n) is 5.43. The van der Waals surface area contributed by atoms with Crippen LogP contribution < -0.4 is 5.32 Å². The van der Waals surface area contributed by atoms with Crippen molar-refractivity contribution in [1.82, 2.24) is 14.1 Å². The van der Waals surface area contributed by atoms with E-state index in [0.717, 1.165) is 16.6 Å². The van der Waals surface area contributed by atoms with Gasteiger partial charge in [-0.2, -0.15) is 8.75 Å². The predicted octanol–water partition coefficient (Wildman–Crippen LogP) is 1.14. The number of nitrogens with one attached hydrogen (secondary N) is 1. The molecule has 94 valence electrons. The normalized spacial score (nSPS) is 24.1. The van der Waals surface area contributed by atoms with Crippen LogP contribution in [0.5, 0.6) is 0 Å². The van der Waals surface area contributed by atoms with Crippen molar-refractivity contribution in [3.63, 3.8) is 0 Å². The number of hydrogen-bond donors (Lipinski definition) is 2. The first kappa shape index (κ1) is 11.7. The Kier molecular flexibility index (Phi) is 3.04. The molecule has 1 aliphatic heterocycles. The monoisotopic (exact) mass is 282 g/mol. The van der Waals surface area contributed by atoms with Crippen molar-refractivity contribution in [2.24, 2.45) is 4.99 Å². The van der Waals surface area contributed by atoms with Gasteiger partial charge in [-0.15, -0.1) is 0 Å². The molecule has 0 bridgehead atoms. The Labute approximate surface area is 112 Å². The second-order valence-electron chi connectivity index (χ2n) is 3.94. The Morgan fingerprint density at radius 3 is 3.28 bits per heavy atom. The van der Waals surface area contributed by atoms with Crippen LogP contribution in [0, 0.1) is 0 Å². The average Bonchev–Trinajstić information content (AvgIpc) is 2.92. The highest BCUT2D eigenvalue weighted by Crippen LogP contribution is 2.34. The number of amidine groups is 1. The molecule has 0 fully saturated rings. The van der Waals surface area contributed by atoms with Gasteiger partial charge in [0, 0.05) is 5.75 Å². The van der Waals surface area contributed by atoms with Crippen LogP contribution in [0.1, 0.15) is 23.9 Å². The zero-order valence-corrected chi connectivity index (χ0v) is 10.9. The highest BCUT2D eigenvalue weighted by Gasteiger charge is 2.34. The fraction of sp³-hybridized carbons (Fsp3) is 0.400. The third-order valence-corrected chi connectivity index (χ3v) is 4.19. The molecular formula is C10H10N4O2S2. The summed E-state index contributed by atoms with van der Waals surface area (Å²) >= 11 is 2.63. The molecule has 0 saturated carbocycles. The van der Waals surface area contributed by atoms with Crippen LogP contribution in [0.15, 0.2) is 11.1 Å². The van der Waals surface area contributed by atoms with E-state index < -0.39 is 5.97 Å². The van der Waals surface area contributed by atoms with E-state index >= 15 is 0 Å². The summed E-state index contributed by atoms with van der Waals surface area (Å²) in [7, 11) is 0. The standard InChI is InChI=1S/C10H10N4O2S2/c15-7(16)3-4-17-10-11-5-1-2-6-9(8(5)12-10)14-18-13-6/h1-2,5,8H,3-4H2,(H,11,12)(H,15,16)/t5-,8-/m1/s1. The van der Waals surface area contributed by atoms with Crippen molar-refractivity contribution < 1.29 is 9.90 Å². The van der Waals surface area contributed by atoms with Gasteiger partial charge in [-0.1, -0.05) is 17.8 Å². The van der Waals surface area contributed by atoms with E-state index in [9.17, 15) is 4.79 Å².